The summed E-state index contributed by atoms with van der Waals surface area (Å²) >= 11 is 1.48. The van der Waals surface area contributed by atoms with Crippen molar-refractivity contribution in [3.63, 3.8) is 0 Å². The topological polar surface area (TPSA) is 58.2 Å². The maximum absolute atomic E-state index is 12.4. The Balaban J connectivity index is 1.85. The van der Waals surface area contributed by atoms with Crippen LogP contribution in [0, 0.1) is 13.8 Å². The summed E-state index contributed by atoms with van der Waals surface area (Å²) in [5, 5.41) is 5.73. The average molecular weight is 312 g/mol. The number of benzene rings is 2. The van der Waals surface area contributed by atoms with Crippen LogP contribution in [0.5, 0.6) is 0 Å². The Bertz CT molecular complexity index is 771. The lowest BCUT2D eigenvalue weighted by molar-refractivity contribution is -0.113. The van der Waals surface area contributed by atoms with Crippen LogP contribution in [0.25, 0.3) is 0 Å². The highest BCUT2D eigenvalue weighted by Crippen LogP contribution is 2.32. The van der Waals surface area contributed by atoms with E-state index in [0.29, 0.717) is 17.0 Å². The standard InChI is InChI=1S/C17H16N2O2S/c1-10-4-3-5-13(11(10)2)19-17(21)12-6-7-15-14(8-12)18-16(20)9-22-15/h3-8H,9H2,1-2H3,(H,18,20)(H,19,21). The van der Waals surface area contributed by atoms with Gasteiger partial charge in [0.05, 0.1) is 11.4 Å². The molecule has 0 bridgehead atoms. The van der Waals surface area contributed by atoms with Gasteiger partial charge in [-0.25, -0.2) is 0 Å². The lowest BCUT2D eigenvalue weighted by Crippen LogP contribution is -2.20. The first-order valence-electron chi connectivity index (χ1n) is 6.99. The molecule has 2 amide bonds. The Morgan fingerprint density at radius 1 is 1.23 bits per heavy atom. The minimum Gasteiger partial charge on any atom is -0.324 e. The summed E-state index contributed by atoms with van der Waals surface area (Å²) in [6.07, 6.45) is 0. The molecule has 112 valence electrons. The molecular weight excluding hydrogens is 296 g/mol. The lowest BCUT2D eigenvalue weighted by atomic mass is 10.1. The predicted octanol–water partition coefficient (Wildman–Crippen LogP) is 3.60. The number of rotatable bonds is 2. The van der Waals surface area contributed by atoms with Crippen LogP contribution in [0.1, 0.15) is 21.5 Å². The number of fused-ring (bicyclic) bond motifs is 1. The van der Waals surface area contributed by atoms with Crippen molar-refractivity contribution in [2.45, 2.75) is 18.7 Å². The monoisotopic (exact) mass is 312 g/mol. The molecule has 2 N–H and O–H groups in total. The molecule has 1 aliphatic heterocycles. The molecule has 0 radical (unpaired) electrons. The zero-order valence-corrected chi connectivity index (χ0v) is 13.2. The van der Waals surface area contributed by atoms with Crippen molar-refractivity contribution in [1.29, 1.82) is 0 Å². The van der Waals surface area contributed by atoms with Gasteiger partial charge in [-0.3, -0.25) is 9.59 Å². The van der Waals surface area contributed by atoms with Crippen LogP contribution in [0.2, 0.25) is 0 Å². The molecule has 0 atom stereocenters. The Morgan fingerprint density at radius 2 is 2.05 bits per heavy atom. The van der Waals surface area contributed by atoms with E-state index in [1.807, 2.05) is 38.1 Å². The molecule has 0 spiro atoms. The molecule has 4 nitrogen and oxygen atoms in total. The molecule has 0 aliphatic carbocycles. The Kier molecular flexibility index (Phi) is 3.90. The van der Waals surface area contributed by atoms with Gasteiger partial charge in [-0.1, -0.05) is 12.1 Å². The van der Waals surface area contributed by atoms with E-state index in [1.165, 1.54) is 11.8 Å². The maximum Gasteiger partial charge on any atom is 0.255 e. The number of thioether (sulfide) groups is 1. The summed E-state index contributed by atoms with van der Waals surface area (Å²) in [7, 11) is 0. The van der Waals surface area contributed by atoms with E-state index >= 15 is 0 Å². The van der Waals surface area contributed by atoms with Crippen molar-refractivity contribution in [3.05, 3.63) is 53.1 Å². The van der Waals surface area contributed by atoms with Crippen molar-refractivity contribution >= 4 is 35.0 Å². The third kappa shape index (κ3) is 2.85. The van der Waals surface area contributed by atoms with Crippen LogP contribution >= 0.6 is 11.8 Å². The zero-order chi connectivity index (χ0) is 15.7. The first kappa shape index (κ1) is 14.7. The van der Waals surface area contributed by atoms with Crippen LogP contribution in [-0.2, 0) is 4.79 Å². The van der Waals surface area contributed by atoms with Gasteiger partial charge in [0.2, 0.25) is 5.91 Å². The highest BCUT2D eigenvalue weighted by molar-refractivity contribution is 8.00. The Labute approximate surface area is 133 Å². The van der Waals surface area contributed by atoms with Crippen LogP contribution in [0.4, 0.5) is 11.4 Å². The number of hydrogen-bond donors (Lipinski definition) is 2. The van der Waals surface area contributed by atoms with Gasteiger partial charge in [0.25, 0.3) is 5.91 Å². The van der Waals surface area contributed by atoms with E-state index in [0.717, 1.165) is 21.7 Å². The first-order valence-corrected chi connectivity index (χ1v) is 7.97. The molecule has 0 saturated carbocycles. The second kappa shape index (κ2) is 5.85. The van der Waals surface area contributed by atoms with Gasteiger partial charge in [-0.05, 0) is 49.2 Å². The number of amides is 2. The first-order chi connectivity index (χ1) is 10.5. The van der Waals surface area contributed by atoms with E-state index in [-0.39, 0.29) is 11.8 Å². The van der Waals surface area contributed by atoms with Gasteiger partial charge in [-0.15, -0.1) is 11.8 Å². The lowest BCUT2D eigenvalue weighted by Gasteiger charge is -2.17. The third-order valence-electron chi connectivity index (χ3n) is 3.73. The fourth-order valence-corrected chi connectivity index (χ4v) is 3.09. The highest BCUT2D eigenvalue weighted by atomic mass is 32.2. The van der Waals surface area contributed by atoms with Crippen LogP contribution < -0.4 is 10.6 Å². The van der Waals surface area contributed by atoms with Crippen LogP contribution in [-0.4, -0.2) is 17.6 Å². The Morgan fingerprint density at radius 3 is 2.86 bits per heavy atom. The Hall–Kier alpha value is -2.27. The largest absolute Gasteiger partial charge is 0.324 e. The molecule has 0 unspecified atom stereocenters. The second-order valence-electron chi connectivity index (χ2n) is 5.25. The fourth-order valence-electron chi connectivity index (χ4n) is 2.31. The summed E-state index contributed by atoms with van der Waals surface area (Å²) in [6.45, 7) is 3.99. The number of carbonyl (C=O) groups is 2. The normalized spacial score (nSPS) is 13.3. The van der Waals surface area contributed by atoms with E-state index < -0.39 is 0 Å². The minimum absolute atomic E-state index is 0.0374. The van der Waals surface area contributed by atoms with Crippen LogP contribution in [0.15, 0.2) is 41.3 Å². The van der Waals surface area contributed by atoms with Gasteiger partial charge in [-0.2, -0.15) is 0 Å². The molecule has 0 saturated heterocycles. The number of nitrogens with one attached hydrogen (secondary N) is 2. The maximum atomic E-state index is 12.4. The van der Waals surface area contributed by atoms with Crippen LogP contribution in [0.3, 0.4) is 0 Å². The molecular formula is C17H16N2O2S. The molecule has 2 aromatic rings. The summed E-state index contributed by atoms with van der Waals surface area (Å²) < 4.78 is 0. The van der Waals surface area contributed by atoms with E-state index in [9.17, 15) is 9.59 Å². The molecule has 0 fully saturated rings. The molecule has 1 aliphatic rings. The third-order valence-corrected chi connectivity index (χ3v) is 4.80. The van der Waals surface area contributed by atoms with Gasteiger partial charge >= 0.3 is 0 Å². The molecule has 22 heavy (non-hydrogen) atoms. The van der Waals surface area contributed by atoms with E-state index in [4.69, 9.17) is 0 Å². The highest BCUT2D eigenvalue weighted by Gasteiger charge is 2.17. The SMILES string of the molecule is Cc1cccc(NC(=O)c2ccc3c(c2)NC(=O)CS3)c1C. The van der Waals surface area contributed by atoms with Crippen molar-refractivity contribution < 1.29 is 9.59 Å². The van der Waals surface area contributed by atoms with E-state index in [2.05, 4.69) is 10.6 Å². The summed E-state index contributed by atoms with van der Waals surface area (Å²) in [5.41, 5.74) is 4.23. The molecule has 3 rings (SSSR count). The molecule has 2 aromatic carbocycles. The second-order valence-corrected chi connectivity index (χ2v) is 6.27. The molecule has 1 heterocycles. The summed E-state index contributed by atoms with van der Waals surface area (Å²) in [6, 6.07) is 11.2. The quantitative estimate of drug-likeness (QED) is 0.891. The van der Waals surface area contributed by atoms with Crippen molar-refractivity contribution in [2.24, 2.45) is 0 Å². The minimum atomic E-state index is -0.179. The molecule has 5 heteroatoms. The van der Waals surface area contributed by atoms with Crippen molar-refractivity contribution in [3.8, 4) is 0 Å². The zero-order valence-electron chi connectivity index (χ0n) is 12.4. The summed E-state index contributed by atoms with van der Waals surface area (Å²) in [5.74, 6) is 0.201. The number of anilines is 2. The van der Waals surface area contributed by atoms with Gasteiger partial charge in [0.15, 0.2) is 0 Å². The summed E-state index contributed by atoms with van der Waals surface area (Å²) in [4.78, 5) is 24.9. The fraction of sp³-hybridized carbons (Fsp3) is 0.176. The number of carbonyl (C=O) groups excluding carboxylic acids is 2. The van der Waals surface area contributed by atoms with Crippen molar-refractivity contribution in [1.82, 2.24) is 0 Å². The average Bonchev–Trinajstić information content (AvgIpc) is 2.51. The van der Waals surface area contributed by atoms with Gasteiger partial charge in [0.1, 0.15) is 0 Å². The number of hydrogen-bond acceptors (Lipinski definition) is 3. The smallest absolute Gasteiger partial charge is 0.255 e. The number of aryl methyl sites for hydroxylation is 1. The molecule has 0 aromatic heterocycles. The van der Waals surface area contributed by atoms with Crippen molar-refractivity contribution in [2.75, 3.05) is 16.4 Å². The van der Waals surface area contributed by atoms with E-state index in [1.54, 1.807) is 12.1 Å². The predicted molar refractivity (Wildman–Crippen MR) is 89.7 cm³/mol. The van der Waals surface area contributed by atoms with Gasteiger partial charge < -0.3 is 10.6 Å². The van der Waals surface area contributed by atoms with Gasteiger partial charge in [0, 0.05) is 16.1 Å².